The summed E-state index contributed by atoms with van der Waals surface area (Å²) >= 11 is 0.898. The maximum atomic E-state index is 12.5. The van der Waals surface area contributed by atoms with Crippen molar-refractivity contribution in [3.8, 4) is 0 Å². The van der Waals surface area contributed by atoms with Crippen LogP contribution in [0, 0.1) is 12.0 Å². The number of fused-ring (bicyclic) bond motifs is 5. The van der Waals surface area contributed by atoms with Crippen LogP contribution in [0.15, 0.2) is 109 Å². The van der Waals surface area contributed by atoms with Crippen molar-refractivity contribution < 1.29 is 75.4 Å². The standard InChI is InChI=1S/C23H21.C15H8F6.C7H9.2ClH.Zr/c1-22(2)7-5-14-10-18-16(12-20(14)22)9-17-13-21-15(11-19(17)18)6-8-23(21,3)4;16-14(17,18)12-5-1-10(2-6-12)9-11-3-7-13(8-4-11)15(19,20)21;1-6-3-4-7(2)5-6;;;/h5-13H,1-4H3;1-8H;3,5,7H,1-2H3;2*1H;/q-1;;-1;;;+2/p-2. The maximum Gasteiger partial charge on any atom is -1.00 e. The van der Waals surface area contributed by atoms with Gasteiger partial charge >= 0.3 is 137 Å². The van der Waals surface area contributed by atoms with Crippen molar-refractivity contribution in [3.63, 3.8) is 0 Å². The smallest absolute Gasteiger partial charge is 1.00 e. The first-order valence-corrected chi connectivity index (χ1v) is 18.3. The maximum absolute atomic E-state index is 12.5. The van der Waals surface area contributed by atoms with Crippen LogP contribution in [0.4, 0.5) is 26.3 Å². The van der Waals surface area contributed by atoms with Gasteiger partial charge in [0.2, 0.25) is 0 Å². The van der Waals surface area contributed by atoms with Crippen LogP contribution in [0.1, 0.15) is 86.1 Å². The normalized spacial score (nSPS) is 17.1. The van der Waals surface area contributed by atoms with Crippen LogP contribution in [0.2, 0.25) is 0 Å². The van der Waals surface area contributed by atoms with Crippen LogP contribution < -0.4 is 24.8 Å². The minimum absolute atomic E-state index is 0. The van der Waals surface area contributed by atoms with E-state index in [1.54, 1.807) is 0 Å². The molecule has 0 radical (unpaired) electrons. The van der Waals surface area contributed by atoms with Gasteiger partial charge in [-0.25, -0.2) is 11.6 Å². The molecule has 1 unspecified atom stereocenters. The molecule has 0 saturated heterocycles. The number of halogens is 8. The van der Waals surface area contributed by atoms with Crippen LogP contribution in [-0.4, -0.2) is 3.21 Å². The fraction of sp³-hybridized carbons (Fsp3) is 0.244. The summed E-state index contributed by atoms with van der Waals surface area (Å²) < 4.78 is 75.6. The predicted molar refractivity (Wildman–Crippen MR) is 198 cm³/mol. The Labute approximate surface area is 340 Å². The minimum atomic E-state index is -4.41. The molecule has 0 spiro atoms. The molecule has 0 heterocycles. The van der Waals surface area contributed by atoms with Gasteiger partial charge in [-0.2, -0.15) is 6.08 Å². The second kappa shape index (κ2) is 16.0. The Bertz CT molecular complexity index is 2150. The van der Waals surface area contributed by atoms with Crippen LogP contribution in [-0.2, 0) is 47.4 Å². The molecule has 3 aliphatic rings. The third kappa shape index (κ3) is 9.18. The van der Waals surface area contributed by atoms with E-state index in [4.69, 9.17) is 0 Å². The Kier molecular flexibility index (Phi) is 12.8. The van der Waals surface area contributed by atoms with Gasteiger partial charge < -0.3 is 24.8 Å². The van der Waals surface area contributed by atoms with Gasteiger partial charge in [0, 0.05) is 10.8 Å². The van der Waals surface area contributed by atoms with E-state index in [9.17, 15) is 26.3 Å². The van der Waals surface area contributed by atoms with Gasteiger partial charge in [0.15, 0.2) is 0 Å². The Balaban J connectivity index is 0.000000198. The van der Waals surface area contributed by atoms with Gasteiger partial charge in [0.25, 0.3) is 0 Å². The number of hydrogen-bond donors (Lipinski definition) is 0. The van der Waals surface area contributed by atoms with E-state index in [0.29, 0.717) is 20.3 Å². The molecule has 0 aromatic heterocycles. The Hall–Kier alpha value is -3.38. The number of allylic oxidation sites excluding steroid dienone is 6. The van der Waals surface area contributed by atoms with Crippen molar-refractivity contribution in [2.75, 3.05) is 0 Å². The summed E-state index contributed by atoms with van der Waals surface area (Å²) in [6.07, 6.45) is 7.77. The summed E-state index contributed by atoms with van der Waals surface area (Å²) in [6, 6.07) is 21.1. The zero-order chi connectivity index (χ0) is 37.8. The average molecular weight is 855 g/mol. The van der Waals surface area contributed by atoms with E-state index in [-0.39, 0.29) is 35.6 Å². The average Bonchev–Trinajstić information content (AvgIpc) is 3.81. The molecule has 0 N–H and O–H groups in total. The zero-order valence-electron chi connectivity index (χ0n) is 30.6. The molecule has 0 saturated carbocycles. The molecule has 5 aromatic carbocycles. The van der Waals surface area contributed by atoms with E-state index in [1.165, 1.54) is 73.6 Å². The molecule has 54 heavy (non-hydrogen) atoms. The van der Waals surface area contributed by atoms with E-state index < -0.39 is 23.5 Å². The SMILES string of the molecule is CC1(C)C=Cc2cc3c(cc21)[cH-]c1cc2c(cc13)C=CC2(C)C.CC1=CC(C)[C-]=C1.FC(F)(F)c1ccc([C](=[Zr+2])c2ccc(C(F)(F)F)cc2)cc1.[Cl-].[Cl-]. The molecular weight excluding hydrogens is 817 g/mol. The molecule has 0 fully saturated rings. The Morgan fingerprint density at radius 3 is 1.35 bits per heavy atom. The van der Waals surface area contributed by atoms with Crippen LogP contribution in [0.5, 0.6) is 0 Å². The summed E-state index contributed by atoms with van der Waals surface area (Å²) in [4.78, 5) is 0. The molecule has 5 aromatic rings. The quantitative estimate of drug-likeness (QED) is 0.131. The third-order valence-electron chi connectivity index (χ3n) is 9.88. The fourth-order valence-electron chi connectivity index (χ4n) is 6.88. The molecule has 0 aliphatic heterocycles. The van der Waals surface area contributed by atoms with Gasteiger partial charge in [-0.15, -0.1) is 46.7 Å². The second-order valence-corrected chi connectivity index (χ2v) is 16.1. The zero-order valence-corrected chi connectivity index (χ0v) is 34.5. The Morgan fingerprint density at radius 2 is 1.06 bits per heavy atom. The molecule has 8 rings (SSSR count). The first kappa shape index (κ1) is 43.4. The van der Waals surface area contributed by atoms with Crippen molar-refractivity contribution in [2.45, 2.75) is 64.7 Å². The van der Waals surface area contributed by atoms with Crippen molar-refractivity contribution in [2.24, 2.45) is 5.92 Å². The van der Waals surface area contributed by atoms with Crippen molar-refractivity contribution in [1.29, 1.82) is 0 Å². The molecule has 0 amide bonds. The van der Waals surface area contributed by atoms with E-state index in [0.717, 1.165) is 48.5 Å². The summed E-state index contributed by atoms with van der Waals surface area (Å²) in [7, 11) is 0. The molecule has 0 bridgehead atoms. The number of hydrogen-bond acceptors (Lipinski definition) is 0. The summed E-state index contributed by atoms with van der Waals surface area (Å²) in [6.45, 7) is 13.4. The van der Waals surface area contributed by atoms with E-state index in [2.05, 4.69) is 108 Å². The van der Waals surface area contributed by atoms with Gasteiger partial charge in [-0.1, -0.05) is 88.1 Å². The molecule has 9 heteroatoms. The van der Waals surface area contributed by atoms with Crippen molar-refractivity contribution in [3.05, 3.63) is 159 Å². The number of rotatable bonds is 2. The first-order chi connectivity index (χ1) is 24.2. The summed E-state index contributed by atoms with van der Waals surface area (Å²) in [5, 5.41) is 5.53. The van der Waals surface area contributed by atoms with Gasteiger partial charge in [-0.3, -0.25) is 6.08 Å². The molecule has 280 valence electrons. The topological polar surface area (TPSA) is 0 Å². The predicted octanol–water partition coefficient (Wildman–Crippen LogP) is 7.11. The molecule has 0 nitrogen and oxygen atoms in total. The Morgan fingerprint density at radius 1 is 0.667 bits per heavy atom. The minimum Gasteiger partial charge on any atom is -1.00 e. The molecular formula is C45H38Cl2F6Zr-2. The fourth-order valence-corrected chi connectivity index (χ4v) is 7.70. The van der Waals surface area contributed by atoms with Crippen LogP contribution in [0.3, 0.4) is 0 Å². The van der Waals surface area contributed by atoms with Crippen molar-refractivity contribution in [1.82, 2.24) is 0 Å². The van der Waals surface area contributed by atoms with Gasteiger partial charge in [0.1, 0.15) is 0 Å². The van der Waals surface area contributed by atoms with Gasteiger partial charge in [0.05, 0.1) is 0 Å². The second-order valence-electron chi connectivity index (χ2n) is 14.8. The summed E-state index contributed by atoms with van der Waals surface area (Å²) in [5.41, 5.74) is 6.92. The third-order valence-corrected chi connectivity index (χ3v) is 11.3. The number of benzene rings is 4. The van der Waals surface area contributed by atoms with E-state index in [1.807, 2.05) is 6.08 Å². The first-order valence-electron chi connectivity index (χ1n) is 17.1. The molecule has 3 aliphatic carbocycles. The molecule has 1 atom stereocenters. The van der Waals surface area contributed by atoms with Crippen LogP contribution in [0.25, 0.3) is 33.7 Å². The largest absolute Gasteiger partial charge is 1.00 e. The van der Waals surface area contributed by atoms with Crippen LogP contribution >= 0.6 is 0 Å². The van der Waals surface area contributed by atoms with E-state index >= 15 is 0 Å². The number of alkyl halides is 6. The van der Waals surface area contributed by atoms with Gasteiger partial charge in [-0.05, 0) is 11.1 Å². The van der Waals surface area contributed by atoms with Crippen molar-refractivity contribution >= 4 is 36.9 Å². The summed E-state index contributed by atoms with van der Waals surface area (Å²) in [5.74, 6) is 0.556. The monoisotopic (exact) mass is 852 g/mol.